The molecule has 0 radical (unpaired) electrons. The van der Waals surface area contributed by atoms with Crippen LogP contribution < -0.4 is 15.0 Å². The summed E-state index contributed by atoms with van der Waals surface area (Å²) in [6.07, 6.45) is 6.75. The number of nitrogens with one attached hydrogen (secondary N) is 1. The van der Waals surface area contributed by atoms with Gasteiger partial charge in [0.1, 0.15) is 5.75 Å². The maximum Gasteiger partial charge on any atom is 0.223 e. The van der Waals surface area contributed by atoms with Crippen LogP contribution in [0.25, 0.3) is 10.2 Å². The molecule has 33 heavy (non-hydrogen) atoms. The highest BCUT2D eigenvalue weighted by Crippen LogP contribution is 2.37. The fourth-order valence-electron chi connectivity index (χ4n) is 5.18. The number of carbonyl (C=O) groups excluding carboxylic acids is 1. The minimum absolute atomic E-state index is 0.113. The number of piperidine rings is 2. The number of nitrogens with zero attached hydrogens (tertiary/aromatic N) is 3. The Morgan fingerprint density at radius 2 is 1.94 bits per heavy atom. The number of amides is 1. The van der Waals surface area contributed by atoms with Gasteiger partial charge in [-0.3, -0.25) is 9.69 Å². The third-order valence-corrected chi connectivity index (χ3v) is 8.83. The molecule has 8 heteroatoms. The van der Waals surface area contributed by atoms with Crippen molar-refractivity contribution < 1.29 is 9.53 Å². The van der Waals surface area contributed by atoms with E-state index < -0.39 is 0 Å². The lowest BCUT2D eigenvalue weighted by Gasteiger charge is -2.39. The maximum atomic E-state index is 12.7. The maximum absolute atomic E-state index is 12.7. The monoisotopic (exact) mass is 536 g/mol. The molecule has 2 aliphatic heterocycles. The number of benzene rings is 1. The van der Waals surface area contributed by atoms with E-state index >= 15 is 0 Å². The van der Waals surface area contributed by atoms with E-state index in [2.05, 4.69) is 51.0 Å². The zero-order chi connectivity index (χ0) is 23.4. The summed E-state index contributed by atoms with van der Waals surface area (Å²) in [6, 6.07) is 5.44. The number of anilines is 1. The molecule has 2 aliphatic rings. The van der Waals surface area contributed by atoms with Gasteiger partial charge in [0.15, 0.2) is 5.13 Å². The van der Waals surface area contributed by atoms with Gasteiger partial charge in [0, 0.05) is 50.2 Å². The summed E-state index contributed by atoms with van der Waals surface area (Å²) in [5.41, 5.74) is 0.988. The number of hydrogen-bond acceptors (Lipinski definition) is 6. The van der Waals surface area contributed by atoms with Crippen LogP contribution in [0, 0.1) is 5.92 Å². The van der Waals surface area contributed by atoms with E-state index in [0.29, 0.717) is 18.7 Å². The van der Waals surface area contributed by atoms with E-state index in [1.165, 1.54) is 19.3 Å². The molecule has 182 valence electrons. The number of carbonyl (C=O) groups is 1. The van der Waals surface area contributed by atoms with Crippen LogP contribution in [0.1, 0.15) is 59.3 Å². The highest BCUT2D eigenvalue weighted by Gasteiger charge is 2.27. The Kier molecular flexibility index (Phi) is 8.52. The van der Waals surface area contributed by atoms with Crippen molar-refractivity contribution in [2.45, 2.75) is 71.4 Å². The van der Waals surface area contributed by atoms with Gasteiger partial charge >= 0.3 is 0 Å². The number of hydrogen-bond donors (Lipinski definition) is 1. The van der Waals surface area contributed by atoms with Gasteiger partial charge in [-0.25, -0.2) is 4.98 Å². The fourth-order valence-corrected chi connectivity index (χ4v) is 6.66. The highest BCUT2D eigenvalue weighted by molar-refractivity contribution is 9.10. The van der Waals surface area contributed by atoms with E-state index in [4.69, 9.17) is 9.72 Å². The Morgan fingerprint density at radius 1 is 1.21 bits per heavy atom. The second-order valence-corrected chi connectivity index (χ2v) is 11.3. The molecule has 2 atom stereocenters. The van der Waals surface area contributed by atoms with Crippen LogP contribution in [0.4, 0.5) is 5.13 Å². The third-order valence-electron chi connectivity index (χ3n) is 7.14. The molecule has 4 rings (SSSR count). The molecule has 0 unspecified atom stereocenters. The van der Waals surface area contributed by atoms with Crippen molar-refractivity contribution in [3.8, 4) is 5.75 Å². The summed E-state index contributed by atoms with van der Waals surface area (Å²) < 4.78 is 7.77. The van der Waals surface area contributed by atoms with Crippen molar-refractivity contribution in [2.75, 3.05) is 37.7 Å². The molecular weight excluding hydrogens is 500 g/mol. The summed E-state index contributed by atoms with van der Waals surface area (Å²) in [4.78, 5) is 22.5. The van der Waals surface area contributed by atoms with Crippen LogP contribution in [0.5, 0.6) is 5.75 Å². The average molecular weight is 538 g/mol. The van der Waals surface area contributed by atoms with Gasteiger partial charge in [-0.15, -0.1) is 0 Å². The molecule has 1 N–H and O–H groups in total. The summed E-state index contributed by atoms with van der Waals surface area (Å²) >= 11 is 5.28. The SMILES string of the molecule is CCOc1cc2sc(N3CCC(C(=O)NCCCN4[C@H](C)CCC[C@H]4C)CC3)nc2cc1Br. The van der Waals surface area contributed by atoms with Crippen LogP contribution >= 0.6 is 27.3 Å². The quantitative estimate of drug-likeness (QED) is 0.455. The van der Waals surface area contributed by atoms with E-state index in [9.17, 15) is 4.79 Å². The van der Waals surface area contributed by atoms with E-state index in [1.54, 1.807) is 11.3 Å². The van der Waals surface area contributed by atoms with Crippen molar-refractivity contribution >= 4 is 48.5 Å². The molecule has 3 heterocycles. The minimum Gasteiger partial charge on any atom is -0.493 e. The van der Waals surface area contributed by atoms with Crippen LogP contribution in [-0.2, 0) is 4.79 Å². The van der Waals surface area contributed by atoms with Crippen LogP contribution in [0.3, 0.4) is 0 Å². The number of fused-ring (bicyclic) bond motifs is 1. The molecule has 0 bridgehead atoms. The number of ether oxygens (including phenoxy) is 1. The van der Waals surface area contributed by atoms with E-state index in [1.807, 2.05) is 13.0 Å². The summed E-state index contributed by atoms with van der Waals surface area (Å²) in [7, 11) is 0. The Hall–Kier alpha value is -1.38. The van der Waals surface area contributed by atoms with Crippen molar-refractivity contribution in [1.29, 1.82) is 0 Å². The second kappa shape index (κ2) is 11.4. The smallest absolute Gasteiger partial charge is 0.223 e. The lowest BCUT2D eigenvalue weighted by atomic mass is 9.96. The molecule has 0 aliphatic carbocycles. The summed E-state index contributed by atoms with van der Waals surface area (Å²) in [5, 5.41) is 4.24. The number of thiazole rings is 1. The van der Waals surface area contributed by atoms with Crippen LogP contribution in [-0.4, -0.2) is 60.7 Å². The Labute approximate surface area is 210 Å². The van der Waals surface area contributed by atoms with Crippen molar-refractivity contribution in [2.24, 2.45) is 5.92 Å². The minimum atomic E-state index is 0.113. The van der Waals surface area contributed by atoms with Crippen molar-refractivity contribution in [3.05, 3.63) is 16.6 Å². The van der Waals surface area contributed by atoms with Gasteiger partial charge in [0.25, 0.3) is 0 Å². The fraction of sp³-hybridized carbons (Fsp3) is 0.680. The predicted octanol–water partition coefficient (Wildman–Crippen LogP) is 5.44. The number of rotatable bonds is 8. The first-order valence-corrected chi connectivity index (χ1v) is 14.1. The largest absolute Gasteiger partial charge is 0.493 e. The molecule has 6 nitrogen and oxygen atoms in total. The summed E-state index contributed by atoms with van der Waals surface area (Å²) in [5.74, 6) is 1.20. The molecule has 2 saturated heterocycles. The van der Waals surface area contributed by atoms with Crippen LogP contribution in [0.15, 0.2) is 16.6 Å². The topological polar surface area (TPSA) is 57.7 Å². The molecule has 1 aromatic heterocycles. The van der Waals surface area contributed by atoms with Gasteiger partial charge in [-0.1, -0.05) is 17.8 Å². The van der Waals surface area contributed by atoms with Gasteiger partial charge in [0.05, 0.1) is 21.3 Å². The molecule has 2 fully saturated rings. The van der Waals surface area contributed by atoms with Crippen LogP contribution in [0.2, 0.25) is 0 Å². The van der Waals surface area contributed by atoms with Crippen molar-refractivity contribution in [3.63, 3.8) is 0 Å². The number of halogens is 1. The van der Waals surface area contributed by atoms with Gasteiger partial charge in [0.2, 0.25) is 5.91 Å². The molecule has 0 saturated carbocycles. The number of aromatic nitrogens is 1. The molecular formula is C25H37BrN4O2S. The summed E-state index contributed by atoms with van der Waals surface area (Å²) in [6.45, 7) is 10.9. The first-order chi connectivity index (χ1) is 16.0. The second-order valence-electron chi connectivity index (χ2n) is 9.45. The Bertz CT molecular complexity index is 934. The molecule has 2 aromatic rings. The predicted molar refractivity (Wildman–Crippen MR) is 141 cm³/mol. The van der Waals surface area contributed by atoms with Crippen molar-refractivity contribution in [1.82, 2.24) is 15.2 Å². The van der Waals surface area contributed by atoms with E-state index in [0.717, 1.165) is 71.0 Å². The lowest BCUT2D eigenvalue weighted by Crippen LogP contribution is -2.45. The lowest BCUT2D eigenvalue weighted by molar-refractivity contribution is -0.125. The first-order valence-electron chi connectivity index (χ1n) is 12.5. The third kappa shape index (κ3) is 6.01. The normalized spacial score (nSPS) is 22.6. The van der Waals surface area contributed by atoms with Gasteiger partial charge in [-0.2, -0.15) is 0 Å². The zero-order valence-electron chi connectivity index (χ0n) is 20.1. The van der Waals surface area contributed by atoms with Gasteiger partial charge < -0.3 is 15.0 Å². The average Bonchev–Trinajstić information content (AvgIpc) is 3.21. The molecule has 1 amide bonds. The first kappa shape index (κ1) is 24.7. The molecule has 0 spiro atoms. The Balaban J connectivity index is 1.23. The standard InChI is InChI=1S/C25H37BrN4O2S/c1-4-32-22-16-23-21(15-20(22)26)28-25(33-23)29-13-9-19(10-14-29)24(31)27-11-6-12-30-17(2)7-5-8-18(30)3/h15-19H,4-14H2,1-3H3,(H,27,31)/t17-,18-/m1/s1. The van der Waals surface area contributed by atoms with E-state index in [-0.39, 0.29) is 11.8 Å². The number of likely N-dealkylation sites (tertiary alicyclic amines) is 1. The zero-order valence-corrected chi connectivity index (χ0v) is 22.5. The Morgan fingerprint density at radius 3 is 2.64 bits per heavy atom. The molecule has 1 aromatic carbocycles. The van der Waals surface area contributed by atoms with Gasteiger partial charge in [-0.05, 0) is 74.9 Å². The highest BCUT2D eigenvalue weighted by atomic mass is 79.9.